The molecule has 0 amide bonds. The monoisotopic (exact) mass is 234 g/mol. The first kappa shape index (κ1) is 14.7. The molecule has 4 N–H and O–H groups in total. The van der Waals surface area contributed by atoms with Gasteiger partial charge in [-0.1, -0.05) is 0 Å². The molecular formula is C9H14O7. The van der Waals surface area contributed by atoms with E-state index in [0.717, 1.165) is 13.8 Å². The predicted molar refractivity (Wildman–Crippen MR) is 50.6 cm³/mol. The summed E-state index contributed by atoms with van der Waals surface area (Å²) in [4.78, 5) is 33.0. The molecular weight excluding hydrogens is 220 g/mol. The van der Waals surface area contributed by atoms with Crippen LogP contribution in [0.3, 0.4) is 0 Å². The number of carboxylic acids is 1. The van der Waals surface area contributed by atoms with E-state index in [4.69, 9.17) is 15.3 Å². The maximum absolute atomic E-state index is 11.2. The highest BCUT2D eigenvalue weighted by Gasteiger charge is 2.47. The average molecular weight is 234 g/mol. The lowest BCUT2D eigenvalue weighted by atomic mass is 9.88. The second-order valence-electron chi connectivity index (χ2n) is 3.52. The predicted octanol–water partition coefficient (Wildman–Crippen LogP) is -1.91. The Morgan fingerprint density at radius 3 is 1.81 bits per heavy atom. The third kappa shape index (κ3) is 3.09. The summed E-state index contributed by atoms with van der Waals surface area (Å²) >= 11 is 0. The van der Waals surface area contributed by atoms with Gasteiger partial charge in [-0.25, -0.2) is 4.79 Å². The third-order valence-corrected chi connectivity index (χ3v) is 2.04. The van der Waals surface area contributed by atoms with E-state index >= 15 is 0 Å². The molecule has 0 aromatic heterocycles. The number of carbonyl (C=O) groups excluding carboxylic acids is 2. The first-order valence-corrected chi connectivity index (χ1v) is 4.52. The van der Waals surface area contributed by atoms with E-state index in [9.17, 15) is 19.5 Å². The maximum atomic E-state index is 11.2. The van der Waals surface area contributed by atoms with Crippen LogP contribution in [0.2, 0.25) is 0 Å². The quantitative estimate of drug-likeness (QED) is 0.394. The van der Waals surface area contributed by atoms with E-state index in [0.29, 0.717) is 0 Å². The van der Waals surface area contributed by atoms with Crippen LogP contribution < -0.4 is 0 Å². The van der Waals surface area contributed by atoms with Crippen molar-refractivity contribution in [1.82, 2.24) is 0 Å². The average Bonchev–Trinajstić information content (AvgIpc) is 2.15. The molecule has 16 heavy (non-hydrogen) atoms. The molecule has 0 rings (SSSR count). The van der Waals surface area contributed by atoms with Crippen LogP contribution in [0.15, 0.2) is 0 Å². The molecule has 3 atom stereocenters. The Hall–Kier alpha value is -1.31. The normalized spacial score (nSPS) is 18.3. The molecule has 2 unspecified atom stereocenters. The minimum Gasteiger partial charge on any atom is -0.479 e. The van der Waals surface area contributed by atoms with Crippen molar-refractivity contribution in [2.45, 2.75) is 38.1 Å². The number of ketones is 2. The fraction of sp³-hybridized carbons (Fsp3) is 0.667. The van der Waals surface area contributed by atoms with Crippen LogP contribution in [0.5, 0.6) is 0 Å². The maximum Gasteiger partial charge on any atom is 0.344 e. The highest BCUT2D eigenvalue weighted by Crippen LogP contribution is 2.16. The smallest absolute Gasteiger partial charge is 0.344 e. The van der Waals surface area contributed by atoms with Gasteiger partial charge in [-0.3, -0.25) is 9.59 Å². The van der Waals surface area contributed by atoms with Gasteiger partial charge in [0.1, 0.15) is 12.2 Å². The molecule has 0 spiro atoms. The second-order valence-corrected chi connectivity index (χ2v) is 3.52. The van der Waals surface area contributed by atoms with E-state index < -0.39 is 41.8 Å². The summed E-state index contributed by atoms with van der Waals surface area (Å²) in [6.07, 6.45) is -4.29. The summed E-state index contributed by atoms with van der Waals surface area (Å²) in [5, 5.41) is 35.9. The molecule has 0 bridgehead atoms. The standard InChI is InChI=1S/C9H14O7/c1-4(10)6(12)3-9(16,8(14)15)7(13)5(2)11/h4-5,10-11,16H,3H2,1-2H3,(H,14,15)/t4-,5?,9?/m0/s1. The highest BCUT2D eigenvalue weighted by molar-refractivity contribution is 6.11. The van der Waals surface area contributed by atoms with Crippen molar-refractivity contribution in [3.63, 3.8) is 0 Å². The van der Waals surface area contributed by atoms with Crippen LogP contribution in [-0.2, 0) is 14.4 Å². The zero-order chi connectivity index (χ0) is 13.1. The van der Waals surface area contributed by atoms with Gasteiger partial charge in [-0.2, -0.15) is 0 Å². The molecule has 0 aromatic carbocycles. The summed E-state index contributed by atoms with van der Waals surface area (Å²) in [5.41, 5.74) is -3.00. The number of aliphatic carboxylic acids is 1. The highest BCUT2D eigenvalue weighted by atomic mass is 16.4. The van der Waals surface area contributed by atoms with Crippen molar-refractivity contribution in [3.05, 3.63) is 0 Å². The Morgan fingerprint density at radius 2 is 1.56 bits per heavy atom. The van der Waals surface area contributed by atoms with Crippen molar-refractivity contribution in [3.8, 4) is 0 Å². The molecule has 0 radical (unpaired) electrons. The Labute approximate surface area is 91.3 Å². The third-order valence-electron chi connectivity index (χ3n) is 2.04. The number of rotatable bonds is 6. The number of Topliss-reactive ketones (excluding diaryl/α,β-unsaturated/α-hetero) is 2. The van der Waals surface area contributed by atoms with Crippen molar-refractivity contribution in [2.75, 3.05) is 0 Å². The summed E-state index contributed by atoms with van der Waals surface area (Å²) in [7, 11) is 0. The van der Waals surface area contributed by atoms with Crippen molar-refractivity contribution >= 4 is 17.5 Å². The van der Waals surface area contributed by atoms with Gasteiger partial charge in [-0.15, -0.1) is 0 Å². The Morgan fingerprint density at radius 1 is 1.12 bits per heavy atom. The minimum absolute atomic E-state index is 0.975. The van der Waals surface area contributed by atoms with E-state index in [2.05, 4.69) is 0 Å². The van der Waals surface area contributed by atoms with Gasteiger partial charge in [0.2, 0.25) is 11.4 Å². The van der Waals surface area contributed by atoms with E-state index in [1.807, 2.05) is 0 Å². The zero-order valence-corrected chi connectivity index (χ0v) is 8.88. The minimum atomic E-state index is -3.00. The molecule has 7 heteroatoms. The van der Waals surface area contributed by atoms with Gasteiger partial charge >= 0.3 is 5.97 Å². The number of hydrogen-bond acceptors (Lipinski definition) is 6. The summed E-state index contributed by atoms with van der Waals surface area (Å²) < 4.78 is 0. The molecule has 0 aliphatic heterocycles. The van der Waals surface area contributed by atoms with Crippen LogP contribution >= 0.6 is 0 Å². The lowest BCUT2D eigenvalue weighted by Gasteiger charge is -2.22. The Bertz CT molecular complexity index is 307. The van der Waals surface area contributed by atoms with Gasteiger partial charge in [0.15, 0.2) is 5.78 Å². The zero-order valence-electron chi connectivity index (χ0n) is 8.88. The Kier molecular flexibility index (Phi) is 4.73. The van der Waals surface area contributed by atoms with Crippen LogP contribution in [-0.4, -0.2) is 55.8 Å². The van der Waals surface area contributed by atoms with E-state index in [1.165, 1.54) is 0 Å². The van der Waals surface area contributed by atoms with Gasteiger partial charge < -0.3 is 20.4 Å². The number of carboxylic acid groups (broad SMARTS) is 1. The topological polar surface area (TPSA) is 132 Å². The van der Waals surface area contributed by atoms with Crippen LogP contribution in [0.4, 0.5) is 0 Å². The van der Waals surface area contributed by atoms with E-state index in [1.54, 1.807) is 0 Å². The molecule has 7 nitrogen and oxygen atoms in total. The number of aliphatic hydroxyl groups is 3. The molecule has 0 heterocycles. The first-order chi connectivity index (χ1) is 7.12. The molecule has 0 saturated carbocycles. The number of hydrogen-bond donors (Lipinski definition) is 4. The van der Waals surface area contributed by atoms with Crippen LogP contribution in [0.25, 0.3) is 0 Å². The fourth-order valence-corrected chi connectivity index (χ4v) is 1.01. The molecule has 0 aliphatic rings. The molecule has 0 fully saturated rings. The summed E-state index contributed by atoms with van der Waals surface area (Å²) in [6.45, 7) is 2.06. The fourth-order valence-electron chi connectivity index (χ4n) is 1.01. The second kappa shape index (κ2) is 5.15. The Balaban J connectivity index is 5.07. The summed E-state index contributed by atoms with van der Waals surface area (Å²) in [5.74, 6) is -4.33. The van der Waals surface area contributed by atoms with Gasteiger partial charge in [0, 0.05) is 0 Å². The summed E-state index contributed by atoms with van der Waals surface area (Å²) in [6, 6.07) is 0. The van der Waals surface area contributed by atoms with Crippen molar-refractivity contribution < 1.29 is 34.8 Å². The lowest BCUT2D eigenvalue weighted by Crippen LogP contribution is -2.52. The molecule has 0 saturated heterocycles. The van der Waals surface area contributed by atoms with Gasteiger partial charge in [-0.05, 0) is 13.8 Å². The number of carbonyl (C=O) groups is 3. The van der Waals surface area contributed by atoms with Gasteiger partial charge in [0.05, 0.1) is 6.42 Å². The van der Waals surface area contributed by atoms with Crippen molar-refractivity contribution in [2.24, 2.45) is 0 Å². The largest absolute Gasteiger partial charge is 0.479 e. The van der Waals surface area contributed by atoms with Crippen LogP contribution in [0, 0.1) is 0 Å². The SMILES string of the molecule is CC(O)C(=O)C(O)(CC(=O)[C@H](C)O)C(=O)O. The molecule has 0 aromatic rings. The first-order valence-electron chi connectivity index (χ1n) is 4.52. The van der Waals surface area contributed by atoms with E-state index in [-0.39, 0.29) is 0 Å². The van der Waals surface area contributed by atoms with Gasteiger partial charge in [0.25, 0.3) is 0 Å². The molecule has 92 valence electrons. The van der Waals surface area contributed by atoms with Crippen LogP contribution in [0.1, 0.15) is 20.3 Å². The lowest BCUT2D eigenvalue weighted by molar-refractivity contribution is -0.171. The molecule has 0 aliphatic carbocycles. The van der Waals surface area contributed by atoms with Crippen molar-refractivity contribution in [1.29, 1.82) is 0 Å². The number of aliphatic hydroxyl groups excluding tert-OH is 2.